The van der Waals surface area contributed by atoms with Crippen molar-refractivity contribution < 1.29 is 14.7 Å². The summed E-state index contributed by atoms with van der Waals surface area (Å²) < 4.78 is -0.173. The van der Waals surface area contributed by atoms with Crippen LogP contribution in [0.15, 0.2) is 45.6 Å². The van der Waals surface area contributed by atoms with Crippen molar-refractivity contribution in [1.82, 2.24) is 0 Å². The lowest BCUT2D eigenvalue weighted by molar-refractivity contribution is -0.117. The molecule has 0 radical (unpaired) electrons. The van der Waals surface area contributed by atoms with Gasteiger partial charge in [-0.05, 0) is 38.3 Å². The van der Waals surface area contributed by atoms with Crippen LogP contribution < -0.4 is 0 Å². The maximum atomic E-state index is 12.8. The Morgan fingerprint density at radius 1 is 1.27 bits per heavy atom. The Morgan fingerprint density at radius 3 is 2.46 bits per heavy atom. The van der Waals surface area contributed by atoms with Crippen LogP contribution in [-0.4, -0.2) is 28.0 Å². The number of allylic oxidation sites excluding steroid dienone is 2. The number of aliphatic hydroxyl groups is 1. The number of thioether (sulfide) groups is 1. The Morgan fingerprint density at radius 2 is 1.92 bits per heavy atom. The van der Waals surface area contributed by atoms with Gasteiger partial charge in [0.25, 0.3) is 0 Å². The topological polar surface area (TPSA) is 58.9 Å². The minimum absolute atomic E-state index is 0.0448. The third kappa shape index (κ3) is 4.91. The van der Waals surface area contributed by atoms with Gasteiger partial charge in [-0.3, -0.25) is 4.79 Å². The zero-order valence-corrected chi connectivity index (χ0v) is 17.2. The number of ketones is 1. The molecule has 2 rings (SSSR count). The molecule has 0 aliphatic heterocycles. The predicted molar refractivity (Wildman–Crippen MR) is 108 cm³/mol. The SMILES string of the molecule is CCO/N=C(/CC)C1=C(O)CC(C(C)(C)Sc2ccc(C)cc2)CC1=O. The average molecular weight is 376 g/mol. The highest BCUT2D eigenvalue weighted by Crippen LogP contribution is 2.44. The van der Waals surface area contributed by atoms with Crippen molar-refractivity contribution in [3.63, 3.8) is 0 Å². The molecule has 0 saturated heterocycles. The smallest absolute Gasteiger partial charge is 0.168 e. The molecule has 1 aromatic carbocycles. The van der Waals surface area contributed by atoms with Gasteiger partial charge in [0.15, 0.2) is 5.78 Å². The van der Waals surface area contributed by atoms with Crippen LogP contribution in [0.4, 0.5) is 0 Å². The third-order valence-corrected chi connectivity index (χ3v) is 6.12. The number of nitrogens with zero attached hydrogens (tertiary/aromatic N) is 1. The lowest BCUT2D eigenvalue weighted by Gasteiger charge is -2.36. The number of Topliss-reactive ketones (excluding diaryl/α,β-unsaturated/α-hetero) is 1. The summed E-state index contributed by atoms with van der Waals surface area (Å²) in [6.07, 6.45) is 1.45. The fourth-order valence-electron chi connectivity index (χ4n) is 3.14. The molecule has 142 valence electrons. The van der Waals surface area contributed by atoms with Gasteiger partial charge in [0.05, 0.1) is 11.3 Å². The van der Waals surface area contributed by atoms with E-state index in [-0.39, 0.29) is 22.2 Å². The minimum Gasteiger partial charge on any atom is -0.511 e. The Bertz CT molecular complexity index is 704. The normalized spacial score (nSPS) is 19.0. The lowest BCUT2D eigenvalue weighted by Crippen LogP contribution is -2.35. The molecule has 4 nitrogen and oxygen atoms in total. The molecule has 0 amide bonds. The fourth-order valence-corrected chi connectivity index (χ4v) is 4.35. The molecule has 0 bridgehead atoms. The molecule has 0 saturated carbocycles. The molecule has 1 aliphatic rings. The van der Waals surface area contributed by atoms with Crippen LogP contribution in [-0.2, 0) is 9.63 Å². The van der Waals surface area contributed by atoms with Gasteiger partial charge in [-0.2, -0.15) is 0 Å². The number of aliphatic hydroxyl groups excluding tert-OH is 1. The van der Waals surface area contributed by atoms with Gasteiger partial charge in [-0.25, -0.2) is 0 Å². The predicted octanol–water partition coefficient (Wildman–Crippen LogP) is 5.46. The van der Waals surface area contributed by atoms with E-state index in [2.05, 4.69) is 50.2 Å². The van der Waals surface area contributed by atoms with Crippen LogP contribution in [0, 0.1) is 12.8 Å². The molecule has 26 heavy (non-hydrogen) atoms. The summed E-state index contributed by atoms with van der Waals surface area (Å²) in [7, 11) is 0. The number of oxime groups is 1. The van der Waals surface area contributed by atoms with Gasteiger partial charge < -0.3 is 9.94 Å². The molecule has 1 aromatic rings. The van der Waals surface area contributed by atoms with Gasteiger partial charge in [0, 0.05) is 22.5 Å². The Hall–Kier alpha value is -1.75. The van der Waals surface area contributed by atoms with E-state index in [1.807, 2.05) is 13.8 Å². The molecule has 0 aromatic heterocycles. The van der Waals surface area contributed by atoms with Crippen molar-refractivity contribution in [2.45, 2.75) is 63.5 Å². The quantitative estimate of drug-likeness (QED) is 0.390. The van der Waals surface area contributed by atoms with Crippen LogP contribution in [0.1, 0.15) is 52.5 Å². The molecule has 1 aliphatic carbocycles. The zero-order chi connectivity index (χ0) is 19.3. The van der Waals surface area contributed by atoms with Crippen molar-refractivity contribution in [2.75, 3.05) is 6.61 Å². The van der Waals surface area contributed by atoms with E-state index in [1.165, 1.54) is 10.5 Å². The number of carbonyl (C=O) groups is 1. The second-order valence-electron chi connectivity index (χ2n) is 7.18. The van der Waals surface area contributed by atoms with Gasteiger partial charge in [-0.15, -0.1) is 11.8 Å². The molecular weight excluding hydrogens is 346 g/mol. The second kappa shape index (κ2) is 8.76. The first-order chi connectivity index (χ1) is 12.3. The van der Waals surface area contributed by atoms with Gasteiger partial charge in [0.2, 0.25) is 0 Å². The highest BCUT2D eigenvalue weighted by Gasteiger charge is 2.39. The van der Waals surface area contributed by atoms with Gasteiger partial charge in [-0.1, -0.05) is 43.6 Å². The summed E-state index contributed by atoms with van der Waals surface area (Å²) in [5, 5.41) is 14.6. The van der Waals surface area contributed by atoms with Gasteiger partial charge in [0.1, 0.15) is 12.4 Å². The van der Waals surface area contributed by atoms with Crippen molar-refractivity contribution >= 4 is 23.3 Å². The van der Waals surface area contributed by atoms with E-state index in [1.54, 1.807) is 11.8 Å². The Balaban J connectivity index is 2.20. The highest BCUT2D eigenvalue weighted by molar-refractivity contribution is 8.00. The number of hydrogen-bond acceptors (Lipinski definition) is 5. The first-order valence-electron chi connectivity index (χ1n) is 9.18. The van der Waals surface area contributed by atoms with E-state index in [9.17, 15) is 9.90 Å². The average Bonchev–Trinajstić information content (AvgIpc) is 2.59. The van der Waals surface area contributed by atoms with Crippen molar-refractivity contribution in [2.24, 2.45) is 11.1 Å². The molecule has 0 spiro atoms. The number of carbonyl (C=O) groups excluding carboxylic acids is 1. The molecule has 1 N–H and O–H groups in total. The zero-order valence-electron chi connectivity index (χ0n) is 16.3. The first kappa shape index (κ1) is 20.6. The van der Waals surface area contributed by atoms with Crippen LogP contribution in [0.2, 0.25) is 0 Å². The fraction of sp³-hybridized carbons (Fsp3) is 0.524. The first-order valence-corrected chi connectivity index (χ1v) is 10.00. The molecule has 1 atom stereocenters. The number of rotatable bonds is 7. The molecule has 1 unspecified atom stereocenters. The van der Waals surface area contributed by atoms with Crippen LogP contribution in [0.3, 0.4) is 0 Å². The van der Waals surface area contributed by atoms with Crippen molar-refractivity contribution in [1.29, 1.82) is 0 Å². The second-order valence-corrected chi connectivity index (χ2v) is 8.91. The summed E-state index contributed by atoms with van der Waals surface area (Å²) in [4.78, 5) is 19.0. The van der Waals surface area contributed by atoms with Crippen molar-refractivity contribution in [3.05, 3.63) is 41.2 Å². The van der Waals surface area contributed by atoms with Crippen LogP contribution in [0.5, 0.6) is 0 Å². The summed E-state index contributed by atoms with van der Waals surface area (Å²) in [6, 6.07) is 8.41. The lowest BCUT2D eigenvalue weighted by atomic mass is 9.78. The van der Waals surface area contributed by atoms with Crippen molar-refractivity contribution in [3.8, 4) is 0 Å². The summed E-state index contributed by atoms with van der Waals surface area (Å²) in [5.74, 6) is 0.163. The van der Waals surface area contributed by atoms with Gasteiger partial charge >= 0.3 is 0 Å². The number of hydrogen-bond donors (Lipinski definition) is 1. The minimum atomic E-state index is -0.173. The summed E-state index contributed by atoms with van der Waals surface area (Å²) >= 11 is 1.75. The number of benzene rings is 1. The monoisotopic (exact) mass is 375 g/mol. The van der Waals surface area contributed by atoms with E-state index in [4.69, 9.17) is 4.84 Å². The highest BCUT2D eigenvalue weighted by atomic mass is 32.2. The van der Waals surface area contributed by atoms with E-state index in [0.29, 0.717) is 37.2 Å². The maximum absolute atomic E-state index is 12.8. The largest absolute Gasteiger partial charge is 0.511 e. The number of aryl methyl sites for hydroxylation is 1. The van der Waals surface area contributed by atoms with E-state index in [0.717, 1.165) is 0 Å². The Kier molecular flexibility index (Phi) is 6.93. The van der Waals surface area contributed by atoms with Crippen LogP contribution in [0.25, 0.3) is 0 Å². The van der Waals surface area contributed by atoms with E-state index >= 15 is 0 Å². The van der Waals surface area contributed by atoms with E-state index < -0.39 is 0 Å². The molecule has 5 heteroatoms. The van der Waals surface area contributed by atoms with Crippen LogP contribution >= 0.6 is 11.8 Å². The molecule has 0 fully saturated rings. The Labute approximate surface area is 160 Å². The maximum Gasteiger partial charge on any atom is 0.168 e. The summed E-state index contributed by atoms with van der Waals surface area (Å²) in [6.45, 7) is 10.5. The summed E-state index contributed by atoms with van der Waals surface area (Å²) in [5.41, 5.74) is 2.12. The molecular formula is C21H29NO3S. The standard InChI is InChI=1S/C21H29NO3S/c1-6-17(22-25-7-2)20-18(23)12-15(13-19(20)24)21(4,5)26-16-10-8-14(3)9-11-16/h8-11,15,23H,6-7,12-13H2,1-5H3/b22-17-. The molecule has 0 heterocycles. The third-order valence-electron chi connectivity index (χ3n) is 4.75.